The van der Waals surface area contributed by atoms with Gasteiger partial charge < -0.3 is 21.1 Å². The first-order valence-corrected chi connectivity index (χ1v) is 9.23. The molecule has 2 amide bonds. The van der Waals surface area contributed by atoms with Gasteiger partial charge in [0, 0.05) is 23.0 Å². The van der Waals surface area contributed by atoms with E-state index in [-0.39, 0.29) is 17.9 Å². The number of amides is 2. The predicted octanol–water partition coefficient (Wildman–Crippen LogP) is 3.68. The Labute approximate surface area is 164 Å². The monoisotopic (exact) mass is 379 g/mol. The fraction of sp³-hybridized carbons (Fsp3) is 0.273. The second-order valence-electron chi connectivity index (χ2n) is 7.23. The van der Waals surface area contributed by atoms with Crippen LogP contribution >= 0.6 is 0 Å². The van der Waals surface area contributed by atoms with Gasteiger partial charge >= 0.3 is 0 Å². The molecule has 28 heavy (non-hydrogen) atoms. The van der Waals surface area contributed by atoms with Crippen LogP contribution in [0.25, 0.3) is 0 Å². The predicted molar refractivity (Wildman–Crippen MR) is 111 cm³/mol. The molecule has 2 aromatic carbocycles. The third-order valence-corrected chi connectivity index (χ3v) is 4.42. The van der Waals surface area contributed by atoms with Gasteiger partial charge in [-0.15, -0.1) is 0 Å². The first kappa shape index (κ1) is 19.5. The van der Waals surface area contributed by atoms with Gasteiger partial charge in [0.15, 0.2) is 0 Å². The number of anilines is 2. The van der Waals surface area contributed by atoms with Crippen LogP contribution in [-0.4, -0.2) is 24.5 Å². The number of nitrogen functional groups attached to an aromatic ring is 1. The van der Waals surface area contributed by atoms with E-state index in [1.165, 1.54) is 0 Å². The van der Waals surface area contributed by atoms with E-state index in [4.69, 9.17) is 10.5 Å². The Kier molecular flexibility index (Phi) is 5.68. The third kappa shape index (κ3) is 4.91. The minimum absolute atomic E-state index is 0.132. The van der Waals surface area contributed by atoms with E-state index in [2.05, 4.69) is 17.2 Å². The van der Waals surface area contributed by atoms with Crippen LogP contribution in [0.5, 0.6) is 5.75 Å². The molecule has 6 heteroatoms. The molecule has 2 aromatic rings. The molecule has 0 aromatic heterocycles. The molecule has 0 bridgehead atoms. The molecular weight excluding hydrogens is 354 g/mol. The molecule has 4 N–H and O–H groups in total. The third-order valence-electron chi connectivity index (χ3n) is 4.42. The molecule has 0 aliphatic heterocycles. The van der Waals surface area contributed by atoms with Crippen molar-refractivity contribution >= 4 is 23.2 Å². The zero-order valence-corrected chi connectivity index (χ0v) is 16.2. The standard InChI is InChI=1S/C22H25N3O3/c1-13(2)12-28-17-8-9-19(23)18(11-17)22(27)25-20-10-15(5-4-14(20)3)21(26)24-16-6-7-16/h4-5,8-11,16H,1,6-7,12,23H2,2-3H3,(H,24,26)(H,25,27). The number of aryl methyl sites for hydroxylation is 1. The lowest BCUT2D eigenvalue weighted by atomic mass is 10.1. The summed E-state index contributed by atoms with van der Waals surface area (Å²) in [6, 6.07) is 10.5. The van der Waals surface area contributed by atoms with E-state index < -0.39 is 0 Å². The van der Waals surface area contributed by atoms with Crippen molar-refractivity contribution in [2.75, 3.05) is 17.7 Å². The number of nitrogens with one attached hydrogen (secondary N) is 2. The quantitative estimate of drug-likeness (QED) is 0.505. The van der Waals surface area contributed by atoms with Crippen LogP contribution in [-0.2, 0) is 0 Å². The summed E-state index contributed by atoms with van der Waals surface area (Å²) in [6.45, 7) is 7.89. The smallest absolute Gasteiger partial charge is 0.257 e. The van der Waals surface area contributed by atoms with E-state index in [9.17, 15) is 9.59 Å². The Morgan fingerprint density at radius 3 is 2.61 bits per heavy atom. The summed E-state index contributed by atoms with van der Waals surface area (Å²) in [5.74, 6) is 0.0467. The number of rotatable bonds is 7. The highest BCUT2D eigenvalue weighted by Crippen LogP contribution is 2.24. The molecule has 0 heterocycles. The number of nitrogens with two attached hydrogens (primary N) is 1. The topological polar surface area (TPSA) is 93.4 Å². The van der Waals surface area contributed by atoms with Crippen LogP contribution in [0.4, 0.5) is 11.4 Å². The van der Waals surface area contributed by atoms with Gasteiger partial charge in [-0.25, -0.2) is 0 Å². The minimum Gasteiger partial charge on any atom is -0.489 e. The first-order valence-electron chi connectivity index (χ1n) is 9.23. The van der Waals surface area contributed by atoms with E-state index in [0.717, 1.165) is 24.0 Å². The molecule has 1 aliphatic rings. The van der Waals surface area contributed by atoms with Crippen LogP contribution in [0.1, 0.15) is 46.0 Å². The van der Waals surface area contributed by atoms with E-state index in [1.807, 2.05) is 19.9 Å². The van der Waals surface area contributed by atoms with Gasteiger partial charge in [-0.2, -0.15) is 0 Å². The summed E-state index contributed by atoms with van der Waals surface area (Å²) in [5, 5.41) is 5.80. The van der Waals surface area contributed by atoms with Gasteiger partial charge in [0.1, 0.15) is 12.4 Å². The lowest BCUT2D eigenvalue weighted by molar-refractivity contribution is 0.0949. The van der Waals surface area contributed by atoms with Crippen molar-refractivity contribution in [3.05, 3.63) is 65.2 Å². The normalized spacial score (nSPS) is 12.9. The number of carbonyl (C=O) groups is 2. The highest BCUT2D eigenvalue weighted by atomic mass is 16.5. The molecule has 0 atom stereocenters. The first-order chi connectivity index (χ1) is 13.3. The number of hydrogen-bond donors (Lipinski definition) is 3. The SMILES string of the molecule is C=C(C)COc1ccc(N)c(C(=O)Nc2cc(C(=O)NC3CC3)ccc2C)c1. The number of benzene rings is 2. The van der Waals surface area contributed by atoms with Crippen molar-refractivity contribution in [1.82, 2.24) is 5.32 Å². The Hall–Kier alpha value is -3.28. The lowest BCUT2D eigenvalue weighted by Gasteiger charge is -2.13. The molecule has 6 nitrogen and oxygen atoms in total. The van der Waals surface area contributed by atoms with Crippen molar-refractivity contribution in [2.24, 2.45) is 0 Å². The molecule has 0 spiro atoms. The van der Waals surface area contributed by atoms with E-state index >= 15 is 0 Å². The van der Waals surface area contributed by atoms with Crippen LogP contribution in [0, 0.1) is 6.92 Å². The van der Waals surface area contributed by atoms with Crippen molar-refractivity contribution in [3.8, 4) is 5.75 Å². The summed E-state index contributed by atoms with van der Waals surface area (Å²) in [4.78, 5) is 25.1. The Balaban J connectivity index is 1.77. The number of carbonyl (C=O) groups excluding carboxylic acids is 2. The molecule has 1 aliphatic carbocycles. The van der Waals surface area contributed by atoms with Crippen molar-refractivity contribution < 1.29 is 14.3 Å². The maximum atomic E-state index is 12.8. The van der Waals surface area contributed by atoms with Crippen LogP contribution in [0.15, 0.2) is 48.6 Å². The van der Waals surface area contributed by atoms with Gasteiger partial charge in [0.2, 0.25) is 0 Å². The molecule has 0 unspecified atom stereocenters. The molecular formula is C22H25N3O3. The average molecular weight is 379 g/mol. The van der Waals surface area contributed by atoms with Gasteiger partial charge in [-0.3, -0.25) is 9.59 Å². The van der Waals surface area contributed by atoms with Gasteiger partial charge in [0.25, 0.3) is 11.8 Å². The zero-order valence-electron chi connectivity index (χ0n) is 16.2. The second-order valence-corrected chi connectivity index (χ2v) is 7.23. The fourth-order valence-corrected chi connectivity index (χ4v) is 2.61. The molecule has 1 fully saturated rings. The molecule has 146 valence electrons. The Morgan fingerprint density at radius 1 is 1.18 bits per heavy atom. The Bertz CT molecular complexity index is 933. The second kappa shape index (κ2) is 8.17. The van der Waals surface area contributed by atoms with Crippen molar-refractivity contribution in [2.45, 2.75) is 32.7 Å². The highest BCUT2D eigenvalue weighted by molar-refractivity contribution is 6.09. The number of ether oxygens (including phenoxy) is 1. The van der Waals surface area contributed by atoms with Crippen molar-refractivity contribution in [3.63, 3.8) is 0 Å². The minimum atomic E-state index is -0.360. The van der Waals surface area contributed by atoms with Crippen LogP contribution in [0.2, 0.25) is 0 Å². The molecule has 0 saturated heterocycles. The Morgan fingerprint density at radius 2 is 1.93 bits per heavy atom. The fourth-order valence-electron chi connectivity index (χ4n) is 2.61. The largest absolute Gasteiger partial charge is 0.489 e. The molecule has 0 radical (unpaired) electrons. The average Bonchev–Trinajstić information content (AvgIpc) is 3.46. The maximum absolute atomic E-state index is 12.8. The van der Waals surface area contributed by atoms with Gasteiger partial charge in [-0.1, -0.05) is 12.6 Å². The summed E-state index contributed by atoms with van der Waals surface area (Å²) in [5.41, 5.74) is 9.45. The lowest BCUT2D eigenvalue weighted by Crippen LogP contribution is -2.25. The van der Waals surface area contributed by atoms with Gasteiger partial charge in [-0.05, 0) is 68.2 Å². The molecule has 1 saturated carbocycles. The van der Waals surface area contributed by atoms with Crippen molar-refractivity contribution in [1.29, 1.82) is 0 Å². The zero-order chi connectivity index (χ0) is 20.3. The van der Waals surface area contributed by atoms with Crippen LogP contribution in [0.3, 0.4) is 0 Å². The summed E-state index contributed by atoms with van der Waals surface area (Å²) >= 11 is 0. The van der Waals surface area contributed by atoms with E-state index in [0.29, 0.717) is 34.9 Å². The highest BCUT2D eigenvalue weighted by Gasteiger charge is 2.24. The van der Waals surface area contributed by atoms with Gasteiger partial charge in [0.05, 0.1) is 5.56 Å². The summed E-state index contributed by atoms with van der Waals surface area (Å²) < 4.78 is 5.59. The maximum Gasteiger partial charge on any atom is 0.257 e. The van der Waals surface area contributed by atoms with E-state index in [1.54, 1.807) is 30.3 Å². The van der Waals surface area contributed by atoms with Crippen LogP contribution < -0.4 is 21.1 Å². The number of hydrogen-bond acceptors (Lipinski definition) is 4. The molecule has 3 rings (SSSR count). The summed E-state index contributed by atoms with van der Waals surface area (Å²) in [6.07, 6.45) is 2.04. The summed E-state index contributed by atoms with van der Waals surface area (Å²) in [7, 11) is 0.